The van der Waals surface area contributed by atoms with Gasteiger partial charge in [0.05, 0.1) is 23.7 Å². The Hall–Kier alpha value is -2.29. The van der Waals surface area contributed by atoms with E-state index >= 15 is 0 Å². The van der Waals surface area contributed by atoms with Crippen LogP contribution in [0, 0.1) is 5.82 Å². The SMILES string of the molecule is CCc1cccc(CC)c1NC(=O)c1cc(S(=O)(=O)N2CCOCC2)ccc1F. The fourth-order valence-electron chi connectivity index (χ4n) is 3.36. The van der Waals surface area contributed by atoms with Crippen LogP contribution in [0.3, 0.4) is 0 Å². The zero-order chi connectivity index (χ0) is 21.0. The van der Waals surface area contributed by atoms with Gasteiger partial charge in [-0.25, -0.2) is 12.8 Å². The van der Waals surface area contributed by atoms with Gasteiger partial charge in [-0.3, -0.25) is 4.79 Å². The number of carbonyl (C=O) groups excluding carboxylic acids is 1. The summed E-state index contributed by atoms with van der Waals surface area (Å²) < 4.78 is 46.6. The summed E-state index contributed by atoms with van der Waals surface area (Å²) in [6.07, 6.45) is 1.41. The van der Waals surface area contributed by atoms with Gasteiger partial charge in [0.25, 0.3) is 5.91 Å². The van der Waals surface area contributed by atoms with Crippen molar-refractivity contribution < 1.29 is 22.3 Å². The number of nitrogens with zero attached hydrogens (tertiary/aromatic N) is 1. The minimum Gasteiger partial charge on any atom is -0.379 e. The molecule has 2 aromatic rings. The second-order valence-corrected chi connectivity index (χ2v) is 8.71. The first-order valence-corrected chi connectivity index (χ1v) is 11.1. The second kappa shape index (κ2) is 9.02. The summed E-state index contributed by atoms with van der Waals surface area (Å²) in [6.45, 7) is 5.01. The number of amides is 1. The first-order chi connectivity index (χ1) is 13.9. The summed E-state index contributed by atoms with van der Waals surface area (Å²) in [5.41, 5.74) is 2.24. The quantitative estimate of drug-likeness (QED) is 0.779. The van der Waals surface area contributed by atoms with Gasteiger partial charge in [0.15, 0.2) is 0 Å². The number of anilines is 1. The molecule has 0 bridgehead atoms. The molecule has 1 aliphatic heterocycles. The van der Waals surface area contributed by atoms with Crippen LogP contribution in [0.25, 0.3) is 0 Å². The highest BCUT2D eigenvalue weighted by molar-refractivity contribution is 7.89. The zero-order valence-corrected chi connectivity index (χ0v) is 17.4. The van der Waals surface area contributed by atoms with Crippen LogP contribution in [-0.2, 0) is 27.6 Å². The molecule has 0 spiro atoms. The van der Waals surface area contributed by atoms with Crippen molar-refractivity contribution in [3.05, 3.63) is 58.9 Å². The van der Waals surface area contributed by atoms with E-state index in [9.17, 15) is 17.6 Å². The smallest absolute Gasteiger partial charge is 0.258 e. The molecule has 1 saturated heterocycles. The molecule has 156 valence electrons. The lowest BCUT2D eigenvalue weighted by Gasteiger charge is -2.26. The monoisotopic (exact) mass is 420 g/mol. The number of hydrogen-bond acceptors (Lipinski definition) is 4. The number of benzene rings is 2. The molecule has 0 radical (unpaired) electrons. The van der Waals surface area contributed by atoms with Crippen LogP contribution in [0.15, 0.2) is 41.3 Å². The summed E-state index contributed by atoms with van der Waals surface area (Å²) >= 11 is 0. The van der Waals surface area contributed by atoms with Crippen LogP contribution in [0.2, 0.25) is 0 Å². The highest BCUT2D eigenvalue weighted by atomic mass is 32.2. The Kier molecular flexibility index (Phi) is 6.66. The van der Waals surface area contributed by atoms with Gasteiger partial charge in [-0.15, -0.1) is 0 Å². The zero-order valence-electron chi connectivity index (χ0n) is 16.6. The van der Waals surface area contributed by atoms with E-state index in [0.717, 1.165) is 23.3 Å². The van der Waals surface area contributed by atoms with E-state index in [1.807, 2.05) is 32.0 Å². The summed E-state index contributed by atoms with van der Waals surface area (Å²) in [5, 5.41) is 2.79. The second-order valence-electron chi connectivity index (χ2n) is 6.77. The molecule has 0 saturated carbocycles. The van der Waals surface area contributed by atoms with Crippen LogP contribution in [0.1, 0.15) is 35.3 Å². The molecule has 0 unspecified atom stereocenters. The molecule has 1 aliphatic rings. The normalized spacial score (nSPS) is 15.3. The number of para-hydroxylation sites is 1. The van der Waals surface area contributed by atoms with E-state index in [1.165, 1.54) is 10.4 Å². The van der Waals surface area contributed by atoms with Crippen LogP contribution >= 0.6 is 0 Å². The molecule has 8 heteroatoms. The van der Waals surface area contributed by atoms with Crippen LogP contribution in [0.5, 0.6) is 0 Å². The minimum atomic E-state index is -3.83. The molecule has 1 N–H and O–H groups in total. The standard InChI is InChI=1S/C21H25FN2O4S/c1-3-15-6-5-7-16(4-2)20(15)23-21(25)18-14-17(8-9-19(18)22)29(26,27)24-10-12-28-13-11-24/h5-9,14H,3-4,10-13H2,1-2H3,(H,23,25). The van der Waals surface area contributed by atoms with Gasteiger partial charge in [0.2, 0.25) is 10.0 Å². The number of halogens is 1. The number of rotatable bonds is 6. The van der Waals surface area contributed by atoms with Crippen molar-refractivity contribution in [1.29, 1.82) is 0 Å². The first-order valence-electron chi connectivity index (χ1n) is 9.68. The number of morpholine rings is 1. The number of hydrogen-bond donors (Lipinski definition) is 1. The molecular formula is C21H25FN2O4S. The van der Waals surface area contributed by atoms with Crippen molar-refractivity contribution >= 4 is 21.6 Å². The maximum absolute atomic E-state index is 14.4. The summed E-state index contributed by atoms with van der Waals surface area (Å²) in [4.78, 5) is 12.7. The third-order valence-corrected chi connectivity index (χ3v) is 6.92. The fourth-order valence-corrected chi connectivity index (χ4v) is 4.79. The average molecular weight is 421 g/mol. The lowest BCUT2D eigenvalue weighted by molar-refractivity contribution is 0.0730. The third-order valence-electron chi connectivity index (χ3n) is 5.03. The molecule has 29 heavy (non-hydrogen) atoms. The van der Waals surface area contributed by atoms with Crippen LogP contribution in [0.4, 0.5) is 10.1 Å². The van der Waals surface area contributed by atoms with Crippen molar-refractivity contribution in [2.45, 2.75) is 31.6 Å². The summed E-state index contributed by atoms with van der Waals surface area (Å²) in [7, 11) is -3.83. The number of ether oxygens (including phenoxy) is 1. The van der Waals surface area contributed by atoms with Gasteiger partial charge in [-0.05, 0) is 42.2 Å². The highest BCUT2D eigenvalue weighted by Crippen LogP contribution is 2.25. The number of aryl methyl sites for hydroxylation is 2. The van der Waals surface area contributed by atoms with Gasteiger partial charge in [0, 0.05) is 18.8 Å². The summed E-state index contributed by atoms with van der Waals surface area (Å²) in [6, 6.07) is 9.05. The molecule has 1 heterocycles. The lowest BCUT2D eigenvalue weighted by atomic mass is 10.0. The Morgan fingerprint density at radius 2 is 1.72 bits per heavy atom. The molecule has 0 aliphatic carbocycles. The number of carbonyl (C=O) groups is 1. The van der Waals surface area contributed by atoms with E-state index in [1.54, 1.807) is 0 Å². The van der Waals surface area contributed by atoms with Gasteiger partial charge in [0.1, 0.15) is 5.82 Å². The maximum atomic E-state index is 14.4. The predicted molar refractivity (Wildman–Crippen MR) is 109 cm³/mol. The van der Waals surface area contributed by atoms with Crippen molar-refractivity contribution in [1.82, 2.24) is 4.31 Å². The fraction of sp³-hybridized carbons (Fsp3) is 0.381. The molecule has 3 rings (SSSR count). The third kappa shape index (κ3) is 4.49. The minimum absolute atomic E-state index is 0.106. The molecular weight excluding hydrogens is 395 g/mol. The number of nitrogens with one attached hydrogen (secondary N) is 1. The summed E-state index contributed by atoms with van der Waals surface area (Å²) in [5.74, 6) is -1.44. The first kappa shape index (κ1) is 21.4. The Morgan fingerprint density at radius 3 is 2.31 bits per heavy atom. The van der Waals surface area contributed by atoms with Gasteiger partial charge >= 0.3 is 0 Å². The van der Waals surface area contributed by atoms with Crippen LogP contribution in [-0.4, -0.2) is 44.9 Å². The largest absolute Gasteiger partial charge is 0.379 e. The predicted octanol–water partition coefficient (Wildman–Crippen LogP) is 3.22. The highest BCUT2D eigenvalue weighted by Gasteiger charge is 2.28. The van der Waals surface area contributed by atoms with Crippen molar-refractivity contribution in [3.63, 3.8) is 0 Å². The van der Waals surface area contributed by atoms with Crippen molar-refractivity contribution in [3.8, 4) is 0 Å². The van der Waals surface area contributed by atoms with E-state index in [-0.39, 0.29) is 23.5 Å². The molecule has 1 fully saturated rings. The maximum Gasteiger partial charge on any atom is 0.258 e. The van der Waals surface area contributed by atoms with Crippen molar-refractivity contribution in [2.24, 2.45) is 0 Å². The van der Waals surface area contributed by atoms with Crippen molar-refractivity contribution in [2.75, 3.05) is 31.6 Å². The molecule has 0 atom stereocenters. The molecule has 2 aromatic carbocycles. The van der Waals surface area contributed by atoms with Gasteiger partial charge in [-0.2, -0.15) is 4.31 Å². The van der Waals surface area contributed by atoms with Crippen LogP contribution < -0.4 is 5.32 Å². The molecule has 1 amide bonds. The van der Waals surface area contributed by atoms with E-state index in [4.69, 9.17) is 4.74 Å². The Bertz CT molecular complexity index is 979. The molecule has 6 nitrogen and oxygen atoms in total. The lowest BCUT2D eigenvalue weighted by Crippen LogP contribution is -2.40. The Labute approximate surface area is 170 Å². The Morgan fingerprint density at radius 1 is 1.10 bits per heavy atom. The van der Waals surface area contributed by atoms with Gasteiger partial charge < -0.3 is 10.1 Å². The molecule has 0 aromatic heterocycles. The van der Waals surface area contributed by atoms with E-state index in [2.05, 4.69) is 5.32 Å². The Balaban J connectivity index is 1.94. The van der Waals surface area contributed by atoms with E-state index in [0.29, 0.717) is 31.7 Å². The average Bonchev–Trinajstić information content (AvgIpc) is 2.74. The topological polar surface area (TPSA) is 75.7 Å². The van der Waals surface area contributed by atoms with E-state index < -0.39 is 21.7 Å². The van der Waals surface area contributed by atoms with Gasteiger partial charge in [-0.1, -0.05) is 32.0 Å². The number of sulfonamides is 1.